The van der Waals surface area contributed by atoms with Crippen molar-refractivity contribution in [3.8, 4) is 66.8 Å². The smallest absolute Gasteiger partial charge is 0.0540 e. The third-order valence-corrected chi connectivity index (χ3v) is 14.9. The van der Waals surface area contributed by atoms with Gasteiger partial charge in [-0.2, -0.15) is 0 Å². The van der Waals surface area contributed by atoms with Crippen LogP contribution in [-0.2, 0) is 5.41 Å². The lowest BCUT2D eigenvalue weighted by Crippen LogP contribution is -2.23. The highest BCUT2D eigenvalue weighted by atomic mass is 15.1. The molecule has 0 aliphatic heterocycles. The van der Waals surface area contributed by atoms with E-state index in [0.717, 1.165) is 39.3 Å². The van der Waals surface area contributed by atoms with Crippen molar-refractivity contribution in [3.05, 3.63) is 296 Å². The van der Waals surface area contributed by atoms with Gasteiger partial charge in [-0.15, -0.1) is 0 Å². The second-order valence-corrected chi connectivity index (χ2v) is 18.9. The van der Waals surface area contributed by atoms with Gasteiger partial charge in [0.25, 0.3) is 0 Å². The topological polar surface area (TPSA) is 3.24 Å². The van der Waals surface area contributed by atoms with Crippen molar-refractivity contribution >= 4 is 38.6 Å². The third-order valence-electron chi connectivity index (χ3n) is 14.9. The summed E-state index contributed by atoms with van der Waals surface area (Å²) in [4.78, 5) is 2.51. The van der Waals surface area contributed by atoms with Crippen LogP contribution in [0.4, 0.5) is 17.1 Å². The van der Waals surface area contributed by atoms with Gasteiger partial charge >= 0.3 is 0 Å². The molecule has 0 spiro atoms. The predicted octanol–water partition coefficient (Wildman–Crippen LogP) is 19.1. The first-order chi connectivity index (χ1) is 35.1. The highest BCUT2D eigenvalue weighted by molar-refractivity contribution is 6.22. The van der Waals surface area contributed by atoms with E-state index in [0.29, 0.717) is 0 Å². The Balaban J connectivity index is 1.09. The number of anilines is 3. The van der Waals surface area contributed by atoms with Crippen molar-refractivity contribution in [2.24, 2.45) is 0 Å². The summed E-state index contributed by atoms with van der Waals surface area (Å²) in [6.07, 6.45) is 0. The van der Waals surface area contributed by atoms with Crippen molar-refractivity contribution in [3.63, 3.8) is 0 Å². The summed E-state index contributed by atoms with van der Waals surface area (Å²) in [5.41, 5.74) is 21.2. The van der Waals surface area contributed by atoms with Crippen LogP contribution in [0.25, 0.3) is 88.3 Å². The van der Waals surface area contributed by atoms with Gasteiger partial charge in [0.05, 0.1) is 5.69 Å². The van der Waals surface area contributed by atoms with Crippen LogP contribution in [0.5, 0.6) is 0 Å². The molecule has 1 atom stereocenters. The van der Waals surface area contributed by atoms with Crippen molar-refractivity contribution in [2.75, 3.05) is 4.90 Å². The van der Waals surface area contributed by atoms with Gasteiger partial charge in [-0.3, -0.25) is 0 Å². The van der Waals surface area contributed by atoms with Crippen LogP contribution in [0.3, 0.4) is 0 Å². The fraction of sp³-hybridized carbons (Fsp3) is 0.0286. The Kier molecular flexibility index (Phi) is 10.4. The van der Waals surface area contributed by atoms with Gasteiger partial charge in [0.1, 0.15) is 0 Å². The monoisotopic (exact) mass is 903 g/mol. The van der Waals surface area contributed by atoms with E-state index in [1.165, 1.54) is 82.7 Å². The number of hydrogen-bond donors (Lipinski definition) is 0. The second-order valence-electron chi connectivity index (χ2n) is 18.9. The van der Waals surface area contributed by atoms with Gasteiger partial charge in [0.2, 0.25) is 0 Å². The van der Waals surface area contributed by atoms with E-state index in [1.807, 2.05) is 0 Å². The minimum atomic E-state index is -0.374. The molecule has 13 rings (SSSR count). The van der Waals surface area contributed by atoms with E-state index < -0.39 is 0 Å². The molecule has 0 saturated carbocycles. The van der Waals surface area contributed by atoms with Crippen LogP contribution in [0, 0.1) is 0 Å². The largest absolute Gasteiger partial charge is 0.310 e. The molecule has 0 saturated heterocycles. The average molecular weight is 904 g/mol. The van der Waals surface area contributed by atoms with Crippen LogP contribution in [0.1, 0.15) is 23.6 Å². The number of nitrogens with zero attached hydrogens (tertiary/aromatic N) is 1. The minimum Gasteiger partial charge on any atom is -0.310 e. The summed E-state index contributed by atoms with van der Waals surface area (Å²) in [5.74, 6) is 0. The molecule has 12 aromatic carbocycles. The first-order valence-electron chi connectivity index (χ1n) is 24.7. The lowest BCUT2D eigenvalue weighted by molar-refractivity contribution is 0.714. The van der Waals surface area contributed by atoms with Gasteiger partial charge in [-0.1, -0.05) is 237 Å². The van der Waals surface area contributed by atoms with E-state index >= 15 is 0 Å². The minimum absolute atomic E-state index is 0.374. The predicted molar refractivity (Wildman–Crippen MR) is 301 cm³/mol. The van der Waals surface area contributed by atoms with Crippen LogP contribution in [-0.4, -0.2) is 0 Å². The van der Waals surface area contributed by atoms with Gasteiger partial charge in [0.15, 0.2) is 0 Å². The fourth-order valence-electron chi connectivity index (χ4n) is 11.5. The Morgan fingerprint density at radius 3 is 1.38 bits per heavy atom. The zero-order valence-electron chi connectivity index (χ0n) is 39.5. The zero-order valence-corrected chi connectivity index (χ0v) is 39.5. The molecule has 1 unspecified atom stereocenters. The van der Waals surface area contributed by atoms with E-state index in [1.54, 1.807) is 0 Å². The van der Waals surface area contributed by atoms with Crippen LogP contribution in [0.15, 0.2) is 279 Å². The first-order valence-corrected chi connectivity index (χ1v) is 24.7. The Morgan fingerprint density at radius 2 is 0.746 bits per heavy atom. The second kappa shape index (κ2) is 17.5. The molecule has 0 aromatic heterocycles. The van der Waals surface area contributed by atoms with E-state index in [-0.39, 0.29) is 5.41 Å². The third kappa shape index (κ3) is 7.17. The molecule has 0 heterocycles. The molecule has 0 fully saturated rings. The fourth-order valence-corrected chi connectivity index (χ4v) is 11.5. The van der Waals surface area contributed by atoms with Crippen molar-refractivity contribution in [2.45, 2.75) is 12.3 Å². The summed E-state index contributed by atoms with van der Waals surface area (Å²) in [5, 5.41) is 4.95. The molecule has 0 amide bonds. The van der Waals surface area contributed by atoms with E-state index in [2.05, 4.69) is 291 Å². The normalized spacial score (nSPS) is 13.8. The molecule has 0 N–H and O–H groups in total. The van der Waals surface area contributed by atoms with Crippen molar-refractivity contribution in [1.29, 1.82) is 0 Å². The first kappa shape index (κ1) is 42.1. The molecular weight excluding hydrogens is 855 g/mol. The maximum Gasteiger partial charge on any atom is 0.0540 e. The number of para-hydroxylation sites is 1. The van der Waals surface area contributed by atoms with Gasteiger partial charge in [-0.05, 0) is 149 Å². The highest BCUT2D eigenvalue weighted by Crippen LogP contribution is 2.55. The van der Waals surface area contributed by atoms with Gasteiger partial charge in [-0.25, -0.2) is 0 Å². The molecule has 1 aliphatic carbocycles. The Hall–Kier alpha value is -9.04. The zero-order chi connectivity index (χ0) is 47.3. The molecule has 334 valence electrons. The van der Waals surface area contributed by atoms with Crippen molar-refractivity contribution < 1.29 is 0 Å². The molecular formula is C70H49N. The van der Waals surface area contributed by atoms with Crippen LogP contribution < -0.4 is 4.90 Å². The molecule has 1 nitrogen and oxygen atoms in total. The maximum atomic E-state index is 2.51. The molecule has 0 radical (unpaired) electrons. The Bertz CT molecular complexity index is 3860. The lowest BCUT2D eigenvalue weighted by atomic mass is 9.74. The van der Waals surface area contributed by atoms with Crippen molar-refractivity contribution in [1.82, 2.24) is 0 Å². The molecule has 0 bridgehead atoms. The van der Waals surface area contributed by atoms with Crippen LogP contribution >= 0.6 is 0 Å². The average Bonchev–Trinajstić information content (AvgIpc) is 3.71. The van der Waals surface area contributed by atoms with Crippen LogP contribution in [0.2, 0.25) is 0 Å². The molecule has 1 aliphatic rings. The molecule has 71 heavy (non-hydrogen) atoms. The number of benzene rings is 12. The SMILES string of the molecule is CC1(c2ccccc2)c2ccccc2-c2ccc(N(c3cc(-c4ccccc4)cc(-c4ccccc4)c3)c3ccccc3-c3ccc4c(c3)c(-c3ccccc3)c(-c3ccccc3)c3ccccc34)cc21. The maximum absolute atomic E-state index is 2.51. The van der Waals surface area contributed by atoms with Gasteiger partial charge in [0, 0.05) is 22.4 Å². The summed E-state index contributed by atoms with van der Waals surface area (Å²) < 4.78 is 0. The van der Waals surface area contributed by atoms with Gasteiger partial charge < -0.3 is 4.90 Å². The molecule has 12 aromatic rings. The quantitative estimate of drug-likeness (QED) is 0.130. The number of hydrogen-bond acceptors (Lipinski definition) is 1. The molecule has 1 heteroatoms. The van der Waals surface area contributed by atoms with E-state index in [9.17, 15) is 0 Å². The number of rotatable bonds is 9. The lowest BCUT2D eigenvalue weighted by Gasteiger charge is -2.32. The Morgan fingerprint density at radius 1 is 0.268 bits per heavy atom. The summed E-state index contributed by atoms with van der Waals surface area (Å²) >= 11 is 0. The number of fused-ring (bicyclic) bond motifs is 6. The summed E-state index contributed by atoms with van der Waals surface area (Å²) in [7, 11) is 0. The highest BCUT2D eigenvalue weighted by Gasteiger charge is 2.41. The summed E-state index contributed by atoms with van der Waals surface area (Å²) in [6.45, 7) is 2.41. The van der Waals surface area contributed by atoms with E-state index in [4.69, 9.17) is 0 Å². The summed E-state index contributed by atoms with van der Waals surface area (Å²) in [6, 6.07) is 103. The Labute approximate surface area is 416 Å². The standard InChI is InChI=1S/C70H49N/c1-70(55-31-15-6-16-32-55)65-37-21-19-35-61(65)62-42-40-56(47-66(62)70)71(57-44-53(48-23-7-2-8-24-48)43-54(45-57)49-25-9-3-10-26-49)67-38-22-20-33-58(67)52-39-41-60-59-34-17-18-36-63(59)68(50-27-11-4-12-28-50)69(64(60)46-52)51-29-13-5-14-30-51/h2-47H,1H3.